The number of H-pyrrole nitrogens is 1. The quantitative estimate of drug-likeness (QED) is 0.800. The van der Waals surface area contributed by atoms with Gasteiger partial charge < -0.3 is 9.72 Å². The van der Waals surface area contributed by atoms with Crippen LogP contribution in [0.1, 0.15) is 11.9 Å². The van der Waals surface area contributed by atoms with Crippen molar-refractivity contribution in [2.45, 2.75) is 11.0 Å². The fourth-order valence-electron chi connectivity index (χ4n) is 1.70. The predicted molar refractivity (Wildman–Crippen MR) is 70.0 cm³/mol. The number of thioether (sulfide) groups is 1. The van der Waals surface area contributed by atoms with Crippen LogP contribution in [0.25, 0.3) is 0 Å². The molecule has 2 aromatic rings. The maximum Gasteiger partial charge on any atom is 0.165 e. The summed E-state index contributed by atoms with van der Waals surface area (Å²) in [6.45, 7) is 0. The van der Waals surface area contributed by atoms with Crippen LogP contribution in [0.5, 0.6) is 5.75 Å². The normalized spacial score (nSPS) is 18.2. The second kappa shape index (κ2) is 4.50. The summed E-state index contributed by atoms with van der Waals surface area (Å²) in [6.07, 6.45) is 1.65. The molecule has 1 N–H and O–H groups in total. The molecule has 86 valence electrons. The van der Waals surface area contributed by atoms with Crippen LogP contribution in [-0.2, 0) is 0 Å². The number of aromatic amines is 1. The zero-order valence-electron chi connectivity index (χ0n) is 8.92. The van der Waals surface area contributed by atoms with Crippen LogP contribution < -0.4 is 4.74 Å². The molecule has 0 spiro atoms. The van der Waals surface area contributed by atoms with Gasteiger partial charge >= 0.3 is 0 Å². The number of rotatable bonds is 1. The first-order valence-corrected chi connectivity index (χ1v) is 6.66. The molecule has 3 rings (SSSR count). The molecule has 0 saturated heterocycles. The van der Waals surface area contributed by atoms with E-state index in [0.717, 1.165) is 17.3 Å². The highest BCUT2D eigenvalue weighted by molar-refractivity contribution is 7.99. The van der Waals surface area contributed by atoms with Gasteiger partial charge in [0.2, 0.25) is 0 Å². The summed E-state index contributed by atoms with van der Waals surface area (Å²) in [5.41, 5.74) is 0. The van der Waals surface area contributed by atoms with Crippen molar-refractivity contribution in [3.8, 4) is 5.75 Å². The number of hydrogen-bond acceptors (Lipinski definition) is 4. The number of fused-ring (bicyclic) bond motifs is 1. The first kappa shape index (κ1) is 10.8. The number of aromatic nitrogens is 2. The Hall–Kier alpha value is -1.33. The minimum Gasteiger partial charge on any atom is -0.480 e. The lowest BCUT2D eigenvalue weighted by Crippen LogP contribution is -2.17. The molecule has 1 aromatic carbocycles. The van der Waals surface area contributed by atoms with E-state index in [2.05, 4.69) is 16.0 Å². The third kappa shape index (κ3) is 2.21. The van der Waals surface area contributed by atoms with E-state index in [1.54, 1.807) is 24.0 Å². The molecular formula is C12H10N2OS2. The minimum absolute atomic E-state index is 0.0576. The van der Waals surface area contributed by atoms with Crippen molar-refractivity contribution in [2.75, 3.05) is 5.75 Å². The summed E-state index contributed by atoms with van der Waals surface area (Å²) in [5.74, 6) is 2.55. The molecule has 5 heteroatoms. The fraction of sp³-hybridized carbons (Fsp3) is 0.167. The maximum absolute atomic E-state index is 5.91. The van der Waals surface area contributed by atoms with Crippen molar-refractivity contribution in [3.63, 3.8) is 0 Å². The summed E-state index contributed by atoms with van der Waals surface area (Å²) in [4.78, 5) is 8.53. The van der Waals surface area contributed by atoms with Gasteiger partial charge in [0.1, 0.15) is 16.2 Å². The Morgan fingerprint density at radius 2 is 2.24 bits per heavy atom. The fourth-order valence-corrected chi connectivity index (χ4v) is 2.86. The van der Waals surface area contributed by atoms with Gasteiger partial charge in [0.15, 0.2) is 6.10 Å². The van der Waals surface area contributed by atoms with E-state index >= 15 is 0 Å². The van der Waals surface area contributed by atoms with Gasteiger partial charge in [0.25, 0.3) is 0 Å². The van der Waals surface area contributed by atoms with Crippen LogP contribution in [0.3, 0.4) is 0 Å². The molecule has 1 aliphatic rings. The van der Waals surface area contributed by atoms with Gasteiger partial charge in [-0.3, -0.25) is 0 Å². The highest BCUT2D eigenvalue weighted by Gasteiger charge is 2.22. The van der Waals surface area contributed by atoms with E-state index < -0.39 is 0 Å². The lowest BCUT2D eigenvalue weighted by atomic mass is 10.3. The van der Waals surface area contributed by atoms with Crippen LogP contribution in [0.2, 0.25) is 0 Å². The van der Waals surface area contributed by atoms with Crippen LogP contribution in [0.15, 0.2) is 41.4 Å². The van der Waals surface area contributed by atoms with Crippen molar-refractivity contribution in [1.82, 2.24) is 9.97 Å². The maximum atomic E-state index is 5.91. The third-order valence-electron chi connectivity index (χ3n) is 2.50. The summed E-state index contributed by atoms with van der Waals surface area (Å²) in [7, 11) is 0. The van der Waals surface area contributed by atoms with Crippen molar-refractivity contribution in [2.24, 2.45) is 0 Å². The van der Waals surface area contributed by atoms with Crippen LogP contribution in [0.4, 0.5) is 0 Å². The zero-order valence-corrected chi connectivity index (χ0v) is 10.6. The van der Waals surface area contributed by atoms with E-state index in [1.807, 2.05) is 18.2 Å². The van der Waals surface area contributed by atoms with Crippen LogP contribution in [-0.4, -0.2) is 15.7 Å². The molecule has 0 saturated carbocycles. The molecular weight excluding hydrogens is 252 g/mol. The minimum atomic E-state index is -0.0576. The first-order chi connectivity index (χ1) is 8.33. The topological polar surface area (TPSA) is 37.9 Å². The zero-order chi connectivity index (χ0) is 11.7. The van der Waals surface area contributed by atoms with Gasteiger partial charge in [-0.2, -0.15) is 0 Å². The largest absolute Gasteiger partial charge is 0.480 e. The van der Waals surface area contributed by atoms with Gasteiger partial charge in [0, 0.05) is 16.8 Å². The summed E-state index contributed by atoms with van der Waals surface area (Å²) >= 11 is 6.87. The van der Waals surface area contributed by atoms with Gasteiger partial charge in [-0.05, 0) is 18.2 Å². The number of nitrogens with zero attached hydrogens (tertiary/aromatic N) is 1. The van der Waals surface area contributed by atoms with Crippen molar-refractivity contribution in [1.29, 1.82) is 0 Å². The lowest BCUT2D eigenvalue weighted by molar-refractivity contribution is 0.210. The van der Waals surface area contributed by atoms with E-state index in [9.17, 15) is 0 Å². The Balaban J connectivity index is 1.92. The number of para-hydroxylation sites is 1. The molecule has 17 heavy (non-hydrogen) atoms. The molecule has 1 atom stereocenters. The van der Waals surface area contributed by atoms with E-state index in [4.69, 9.17) is 17.0 Å². The molecule has 1 aromatic heterocycles. The Bertz CT molecular complexity index is 597. The smallest absolute Gasteiger partial charge is 0.165 e. The average molecular weight is 262 g/mol. The molecule has 0 amide bonds. The van der Waals surface area contributed by atoms with Gasteiger partial charge in [0.05, 0.1) is 0 Å². The molecule has 0 fully saturated rings. The Morgan fingerprint density at radius 3 is 3.12 bits per heavy atom. The van der Waals surface area contributed by atoms with E-state index in [0.29, 0.717) is 4.64 Å². The number of ether oxygens (including phenoxy) is 1. The molecule has 0 bridgehead atoms. The number of nitrogens with one attached hydrogen (secondary N) is 1. The number of benzene rings is 1. The van der Waals surface area contributed by atoms with Crippen molar-refractivity contribution >= 4 is 24.0 Å². The van der Waals surface area contributed by atoms with Crippen molar-refractivity contribution < 1.29 is 4.74 Å². The average Bonchev–Trinajstić information content (AvgIpc) is 2.38. The highest BCUT2D eigenvalue weighted by Crippen LogP contribution is 2.39. The summed E-state index contributed by atoms with van der Waals surface area (Å²) in [5, 5.41) is 0. The third-order valence-corrected chi connectivity index (χ3v) is 3.86. The van der Waals surface area contributed by atoms with Gasteiger partial charge in [-0.25, -0.2) is 4.98 Å². The summed E-state index contributed by atoms with van der Waals surface area (Å²) < 4.78 is 6.59. The lowest BCUT2D eigenvalue weighted by Gasteiger charge is -2.24. The van der Waals surface area contributed by atoms with Crippen molar-refractivity contribution in [3.05, 3.63) is 47.0 Å². The Morgan fingerprint density at radius 1 is 1.35 bits per heavy atom. The van der Waals surface area contributed by atoms with Crippen LogP contribution >= 0.6 is 24.0 Å². The predicted octanol–water partition coefficient (Wildman–Crippen LogP) is 3.36. The first-order valence-electron chi connectivity index (χ1n) is 5.26. The molecule has 0 radical (unpaired) electrons. The van der Waals surface area contributed by atoms with E-state index in [-0.39, 0.29) is 6.10 Å². The van der Waals surface area contributed by atoms with Crippen LogP contribution in [0, 0.1) is 4.64 Å². The Labute approximate surface area is 108 Å². The monoisotopic (exact) mass is 262 g/mol. The Kier molecular flexibility index (Phi) is 2.86. The molecule has 1 aliphatic heterocycles. The van der Waals surface area contributed by atoms with Gasteiger partial charge in [-0.1, -0.05) is 24.4 Å². The standard InChI is InChI=1S/C12H10N2OS2/c16-11-5-6-13-12(14-11)9-7-17-10-4-2-1-3-8(10)15-9/h1-6,9H,7H2,(H,13,14,16). The molecule has 0 aliphatic carbocycles. The summed E-state index contributed by atoms with van der Waals surface area (Å²) in [6, 6.07) is 9.80. The molecule has 1 unspecified atom stereocenters. The molecule has 2 heterocycles. The number of hydrogen-bond donors (Lipinski definition) is 1. The molecule has 3 nitrogen and oxygen atoms in total. The highest BCUT2D eigenvalue weighted by atomic mass is 32.2. The SMILES string of the molecule is S=c1ccnc(C2CSc3ccccc3O2)[nH]1. The second-order valence-electron chi connectivity index (χ2n) is 3.68. The van der Waals surface area contributed by atoms with E-state index in [1.165, 1.54) is 4.90 Å². The second-order valence-corrected chi connectivity index (χ2v) is 5.19. The van der Waals surface area contributed by atoms with Gasteiger partial charge in [-0.15, -0.1) is 11.8 Å².